The van der Waals surface area contributed by atoms with E-state index >= 15 is 0 Å². The van der Waals surface area contributed by atoms with Crippen molar-refractivity contribution in [3.8, 4) is 17.2 Å². The van der Waals surface area contributed by atoms with E-state index in [1.165, 1.54) is 60.5 Å². The Labute approximate surface area is 487 Å². The quantitative estimate of drug-likeness (QED) is 0.0388. The molecule has 0 radical (unpaired) electrons. The number of benzene rings is 6. The van der Waals surface area contributed by atoms with Gasteiger partial charge >= 0.3 is 19.3 Å². The molecule has 2 aliphatic heterocycles. The van der Waals surface area contributed by atoms with Gasteiger partial charge in [0, 0.05) is 46.3 Å². The Morgan fingerprint density at radius 2 is 1.12 bits per heavy atom. The summed E-state index contributed by atoms with van der Waals surface area (Å²) >= 11 is 2.96. The zero-order valence-corrected chi connectivity index (χ0v) is 47.3. The third kappa shape index (κ3) is 17.0. The summed E-state index contributed by atoms with van der Waals surface area (Å²) in [6.45, 7) is 7.43. The molecule has 84 heavy (non-hydrogen) atoms. The average Bonchev–Trinajstić information content (AvgIpc) is 1.03. The van der Waals surface area contributed by atoms with Gasteiger partial charge in [-0.25, -0.2) is 20.0 Å². The Morgan fingerprint density at radius 3 is 1.61 bits per heavy atom. The number of rotatable bonds is 17. The van der Waals surface area contributed by atoms with Crippen molar-refractivity contribution in [3.05, 3.63) is 173 Å². The van der Waals surface area contributed by atoms with Gasteiger partial charge in [-0.3, -0.25) is 0 Å². The van der Waals surface area contributed by atoms with Gasteiger partial charge in [0.05, 0.1) is 29.5 Å². The lowest BCUT2D eigenvalue weighted by Crippen LogP contribution is -2.47. The first-order chi connectivity index (χ1) is 40.0. The summed E-state index contributed by atoms with van der Waals surface area (Å²) in [7, 11) is 0. The van der Waals surface area contributed by atoms with E-state index in [0.717, 1.165) is 53.1 Å². The molecule has 2 fully saturated rings. The highest BCUT2D eigenvalue weighted by atomic mass is 32.2. The second-order valence-electron chi connectivity index (χ2n) is 19.9. The zero-order valence-electron chi connectivity index (χ0n) is 45.7. The molecule has 6 aromatic rings. The van der Waals surface area contributed by atoms with Gasteiger partial charge in [0.15, 0.2) is 10.3 Å². The summed E-state index contributed by atoms with van der Waals surface area (Å²) in [4.78, 5) is 20.6. The molecular weight excluding hydrogens is 1140 g/mol. The lowest BCUT2D eigenvalue weighted by molar-refractivity contribution is -0.275. The van der Waals surface area contributed by atoms with Crippen molar-refractivity contribution in [1.82, 2.24) is 0 Å². The molecule has 0 saturated carbocycles. The minimum Gasteiger partial charge on any atom is -0.433 e. The standard InChI is InChI=1S/C59H56F8N12O3S2/c1-36-28-29-83-55(76-74-31-38-10-14-40(15-11-38)52(68)72-34-70-43-19-23-45(24-20-43)81-58(62,63)64)78(36)50-30-42(18-27-51(50)80-54(60)61)47-33-84-56(79(37(47)2)49-9-7-6-8-48(49)57(3,4)5)77-75-32-39-12-16-41(17-13-39)53(69)73-35-71-44-21-25-46(26-22-44)82-59(65,66)67/h6-27,30-32,34-37,47,54H,28-29,33H2,1-5H3,(H2,68,70,72)(H2,69,71,73)/b74-31+,75-32+,76-55-,77-56-. The predicted molar refractivity (Wildman–Crippen MR) is 321 cm³/mol. The SMILES string of the molecule is CC1CCS/C(=N\N=C\c2ccc(C(N)=NC=Nc3ccc(OC(F)(F)F)cc3)cc2)N1c1cc(C2CS/C(=N\N=C\c3ccc(C(N)=NC=Nc4ccc(OC(F)(F)F)cc4)cc3)N(c3ccccc3C(C)(C)C)C2C)ccc1OC(F)F. The van der Waals surface area contributed by atoms with Gasteiger partial charge < -0.3 is 35.5 Å². The van der Waals surface area contributed by atoms with Crippen LogP contribution < -0.4 is 35.5 Å². The third-order valence-corrected chi connectivity index (χ3v) is 15.0. The van der Waals surface area contributed by atoms with Crippen molar-refractivity contribution < 1.29 is 49.3 Å². The predicted octanol–water partition coefficient (Wildman–Crippen LogP) is 14.4. The number of hydrogen-bond donors (Lipinski definition) is 2. The molecular formula is C59H56F8N12O3S2. The second kappa shape index (κ2) is 27.2. The highest BCUT2D eigenvalue weighted by Gasteiger charge is 2.38. The van der Waals surface area contributed by atoms with Crippen molar-refractivity contribution in [2.45, 2.75) is 83.8 Å². The topological polar surface area (TPSA) is 185 Å². The Morgan fingerprint density at radius 1 is 0.619 bits per heavy atom. The number of nitrogens with two attached hydrogens (primary N) is 2. The fourth-order valence-corrected chi connectivity index (χ4v) is 11.3. The van der Waals surface area contributed by atoms with Gasteiger partial charge in [0.1, 0.15) is 41.6 Å². The van der Waals surface area contributed by atoms with Crippen LogP contribution in [0, 0.1) is 0 Å². The third-order valence-electron chi connectivity index (χ3n) is 12.9. The number of thioether (sulfide) groups is 2. The molecule has 0 amide bonds. The summed E-state index contributed by atoms with van der Waals surface area (Å²) in [5, 5.41) is 19.5. The van der Waals surface area contributed by atoms with E-state index in [9.17, 15) is 35.1 Å². The summed E-state index contributed by atoms with van der Waals surface area (Å²) in [6, 6.07) is 37.1. The van der Waals surface area contributed by atoms with Crippen LogP contribution in [0.15, 0.2) is 180 Å². The minimum absolute atomic E-state index is 0.0155. The smallest absolute Gasteiger partial charge is 0.433 e. The van der Waals surface area contributed by atoms with Crippen LogP contribution in [0.1, 0.15) is 80.3 Å². The maximum atomic E-state index is 14.2. The second-order valence-corrected chi connectivity index (χ2v) is 21.9. The van der Waals surface area contributed by atoms with E-state index in [1.807, 2.05) is 36.1 Å². The van der Waals surface area contributed by atoms with Crippen LogP contribution >= 0.6 is 23.5 Å². The van der Waals surface area contributed by atoms with Gasteiger partial charge in [-0.1, -0.05) is 117 Å². The largest absolute Gasteiger partial charge is 0.573 e. The number of halogens is 8. The maximum Gasteiger partial charge on any atom is 0.573 e. The van der Waals surface area contributed by atoms with E-state index < -0.39 is 19.3 Å². The summed E-state index contributed by atoms with van der Waals surface area (Å²) < 4.78 is 117. The maximum absolute atomic E-state index is 14.2. The fraction of sp³-hybridized carbons (Fsp3) is 0.254. The van der Waals surface area contributed by atoms with Crippen LogP contribution in [-0.2, 0) is 5.41 Å². The molecule has 3 unspecified atom stereocenters. The molecule has 8 rings (SSSR count). The number of nitrogens with zero attached hydrogens (tertiary/aromatic N) is 10. The molecule has 25 heteroatoms. The number of hydrogen-bond acceptors (Lipinski definition) is 11. The molecule has 0 spiro atoms. The molecule has 2 aliphatic rings. The average molecular weight is 1200 g/mol. The van der Waals surface area contributed by atoms with E-state index in [1.54, 1.807) is 67.0 Å². The van der Waals surface area contributed by atoms with E-state index in [2.05, 4.69) is 89.5 Å². The van der Waals surface area contributed by atoms with Crippen LogP contribution in [0.4, 0.5) is 57.9 Å². The van der Waals surface area contributed by atoms with Gasteiger partial charge in [-0.15, -0.1) is 36.5 Å². The van der Waals surface area contributed by atoms with Gasteiger partial charge in [-0.2, -0.15) is 19.0 Å². The number of amidine groups is 4. The molecule has 2 heterocycles. The molecule has 0 aromatic heterocycles. The molecule has 438 valence electrons. The summed E-state index contributed by atoms with van der Waals surface area (Å²) in [5.74, 6) is 0.636. The zero-order chi connectivity index (χ0) is 60.2. The van der Waals surface area contributed by atoms with Crippen LogP contribution in [0.2, 0.25) is 0 Å². The van der Waals surface area contributed by atoms with Gasteiger partial charge in [0.25, 0.3) is 0 Å². The lowest BCUT2D eigenvalue weighted by atomic mass is 9.84. The highest BCUT2D eigenvalue weighted by molar-refractivity contribution is 8.14. The molecule has 0 aliphatic carbocycles. The first kappa shape index (κ1) is 61.5. The first-order valence-corrected chi connectivity index (χ1v) is 27.8. The van der Waals surface area contributed by atoms with Gasteiger partial charge in [-0.05, 0) is 115 Å². The molecule has 6 aromatic carbocycles. The molecule has 4 N–H and O–H groups in total. The normalized spacial score (nSPS) is 18.8. The monoisotopic (exact) mass is 1200 g/mol. The number of anilines is 2. The lowest BCUT2D eigenvalue weighted by Gasteiger charge is -2.43. The van der Waals surface area contributed by atoms with E-state index in [4.69, 9.17) is 21.3 Å². The molecule has 0 bridgehead atoms. The van der Waals surface area contributed by atoms with Crippen LogP contribution in [0.5, 0.6) is 17.2 Å². The number of aliphatic imine (C=N–C) groups is 4. The first-order valence-electron chi connectivity index (χ1n) is 25.9. The highest BCUT2D eigenvalue weighted by Crippen LogP contribution is 2.45. The molecule has 2 saturated heterocycles. The summed E-state index contributed by atoms with van der Waals surface area (Å²) in [5.41, 5.74) is 18.7. The van der Waals surface area contributed by atoms with Gasteiger partial charge in [0.2, 0.25) is 0 Å². The van der Waals surface area contributed by atoms with E-state index in [0.29, 0.717) is 55.6 Å². The van der Waals surface area contributed by atoms with Crippen molar-refractivity contribution in [2.24, 2.45) is 51.8 Å². The van der Waals surface area contributed by atoms with Crippen LogP contribution in [0.3, 0.4) is 0 Å². The number of para-hydroxylation sites is 1. The Balaban J connectivity index is 1.00. The van der Waals surface area contributed by atoms with E-state index in [-0.39, 0.29) is 52.3 Å². The molecule has 3 atom stereocenters. The Hall–Kier alpha value is -8.58. The number of ether oxygens (including phenoxy) is 3. The Kier molecular flexibility index (Phi) is 19.9. The van der Waals surface area contributed by atoms with Crippen LogP contribution in [0.25, 0.3) is 0 Å². The van der Waals surface area contributed by atoms with Crippen molar-refractivity contribution >= 4 is 93.4 Å². The summed E-state index contributed by atoms with van der Waals surface area (Å²) in [6.07, 6.45) is -3.33. The van der Waals surface area contributed by atoms with Crippen molar-refractivity contribution in [3.63, 3.8) is 0 Å². The van der Waals surface area contributed by atoms with Crippen molar-refractivity contribution in [2.75, 3.05) is 21.3 Å². The fourth-order valence-electron chi connectivity index (χ4n) is 8.80. The minimum atomic E-state index is -4.81. The van der Waals surface area contributed by atoms with Crippen molar-refractivity contribution in [1.29, 1.82) is 0 Å². The number of alkyl halides is 8. The molecule has 15 nitrogen and oxygen atoms in total. The van der Waals surface area contributed by atoms with Crippen LogP contribution in [-0.4, -0.2) is 90.0 Å². The Bertz CT molecular complexity index is 3480.